The van der Waals surface area contributed by atoms with E-state index in [0.717, 1.165) is 11.3 Å². The van der Waals surface area contributed by atoms with Gasteiger partial charge >= 0.3 is 0 Å². The van der Waals surface area contributed by atoms with Crippen LogP contribution in [-0.4, -0.2) is 10.7 Å². The quantitative estimate of drug-likeness (QED) is 0.671. The number of carbonyl (C=O) groups is 1. The third-order valence-electron chi connectivity index (χ3n) is 2.72. The maximum atomic E-state index is 12.0. The number of hydrogen-bond acceptors (Lipinski definition) is 2. The summed E-state index contributed by atoms with van der Waals surface area (Å²) in [7, 11) is 0. The Balaban J connectivity index is 1.94. The zero-order valence-corrected chi connectivity index (χ0v) is 11.9. The molecule has 2 aromatic carbocycles. The molecule has 3 N–H and O–H groups in total. The fourth-order valence-corrected chi connectivity index (χ4v) is 2.19. The Labute approximate surface area is 121 Å². The van der Waals surface area contributed by atoms with Gasteiger partial charge in [0.2, 0.25) is 5.91 Å². The maximum absolute atomic E-state index is 12.0. The predicted octanol–water partition coefficient (Wildman–Crippen LogP) is 3.21. The van der Waals surface area contributed by atoms with E-state index in [2.05, 4.69) is 21.2 Å². The molecule has 1 amide bonds. The number of carbonyl (C=O) groups excluding carboxylic acids is 1. The monoisotopic (exact) mass is 318 g/mol. The van der Waals surface area contributed by atoms with E-state index in [-0.39, 0.29) is 10.7 Å². The summed E-state index contributed by atoms with van der Waals surface area (Å²) in [6.07, 6.45) is 0.654. The lowest BCUT2D eigenvalue weighted by Crippen LogP contribution is -2.24. The van der Waals surface area contributed by atoms with Gasteiger partial charge in [-0.3, -0.25) is 4.79 Å². The largest absolute Gasteiger partial charge is 0.399 e. The van der Waals surface area contributed by atoms with Gasteiger partial charge in [-0.1, -0.05) is 46.3 Å². The number of alkyl halides is 1. The van der Waals surface area contributed by atoms with Crippen LogP contribution in [-0.2, 0) is 11.2 Å². The van der Waals surface area contributed by atoms with Crippen molar-refractivity contribution >= 4 is 33.2 Å². The van der Waals surface area contributed by atoms with E-state index < -0.39 is 0 Å². The van der Waals surface area contributed by atoms with Gasteiger partial charge in [0.25, 0.3) is 0 Å². The molecule has 0 unspecified atom stereocenters. The molecule has 98 valence electrons. The average molecular weight is 319 g/mol. The zero-order chi connectivity index (χ0) is 13.7. The zero-order valence-electron chi connectivity index (χ0n) is 10.3. The molecule has 1 atom stereocenters. The smallest absolute Gasteiger partial charge is 0.238 e. The summed E-state index contributed by atoms with van der Waals surface area (Å²) in [5.41, 5.74) is 8.14. The molecular weight excluding hydrogens is 304 g/mol. The molecular formula is C15H15BrN2O. The summed E-state index contributed by atoms with van der Waals surface area (Å²) >= 11 is 3.42. The van der Waals surface area contributed by atoms with Gasteiger partial charge in [0.15, 0.2) is 0 Å². The van der Waals surface area contributed by atoms with Crippen molar-refractivity contribution in [1.82, 2.24) is 0 Å². The first kappa shape index (κ1) is 13.6. The van der Waals surface area contributed by atoms with E-state index in [0.29, 0.717) is 12.1 Å². The van der Waals surface area contributed by atoms with Crippen molar-refractivity contribution in [2.24, 2.45) is 0 Å². The summed E-state index contributed by atoms with van der Waals surface area (Å²) in [6.45, 7) is 0. The lowest BCUT2D eigenvalue weighted by atomic mass is 10.1. The van der Waals surface area contributed by atoms with E-state index >= 15 is 0 Å². The summed E-state index contributed by atoms with van der Waals surface area (Å²) in [4.78, 5) is 11.8. The standard InChI is InChI=1S/C15H15BrN2O/c16-14(10-11-4-2-1-3-5-11)15(19)18-13-8-6-12(17)7-9-13/h1-9,14H,10,17H2,(H,18,19)/t14-/m0/s1. The highest BCUT2D eigenvalue weighted by Gasteiger charge is 2.15. The summed E-state index contributed by atoms with van der Waals surface area (Å²) < 4.78 is 0. The summed E-state index contributed by atoms with van der Waals surface area (Å²) in [5.74, 6) is -0.0615. The van der Waals surface area contributed by atoms with Crippen LogP contribution in [0.25, 0.3) is 0 Å². The van der Waals surface area contributed by atoms with Gasteiger partial charge in [-0.25, -0.2) is 0 Å². The molecule has 19 heavy (non-hydrogen) atoms. The van der Waals surface area contributed by atoms with Crippen LogP contribution in [0.3, 0.4) is 0 Å². The number of nitrogen functional groups attached to an aromatic ring is 1. The van der Waals surface area contributed by atoms with Crippen molar-refractivity contribution in [3.8, 4) is 0 Å². The Bertz CT molecular complexity index is 540. The van der Waals surface area contributed by atoms with Crippen molar-refractivity contribution in [1.29, 1.82) is 0 Å². The molecule has 0 aliphatic rings. The van der Waals surface area contributed by atoms with E-state index in [1.54, 1.807) is 24.3 Å². The number of amides is 1. The highest BCUT2D eigenvalue weighted by molar-refractivity contribution is 9.10. The molecule has 0 spiro atoms. The number of benzene rings is 2. The first-order valence-corrected chi connectivity index (χ1v) is 6.91. The van der Waals surface area contributed by atoms with E-state index in [4.69, 9.17) is 5.73 Å². The molecule has 0 fully saturated rings. The van der Waals surface area contributed by atoms with Gasteiger partial charge in [-0.15, -0.1) is 0 Å². The fraction of sp³-hybridized carbons (Fsp3) is 0.133. The SMILES string of the molecule is Nc1ccc(NC(=O)[C@@H](Br)Cc2ccccc2)cc1. The van der Waals surface area contributed by atoms with Gasteiger partial charge < -0.3 is 11.1 Å². The fourth-order valence-electron chi connectivity index (χ4n) is 1.70. The third kappa shape index (κ3) is 4.10. The molecule has 0 aliphatic heterocycles. The van der Waals surface area contributed by atoms with Gasteiger partial charge in [0, 0.05) is 11.4 Å². The molecule has 0 heterocycles. The number of anilines is 2. The summed E-state index contributed by atoms with van der Waals surface area (Å²) in [5, 5.41) is 2.85. The lowest BCUT2D eigenvalue weighted by molar-refractivity contribution is -0.115. The lowest BCUT2D eigenvalue weighted by Gasteiger charge is -2.11. The normalized spacial score (nSPS) is 11.8. The average Bonchev–Trinajstić information content (AvgIpc) is 2.42. The van der Waals surface area contributed by atoms with Crippen molar-refractivity contribution in [2.75, 3.05) is 11.1 Å². The first-order chi connectivity index (χ1) is 9.15. The molecule has 2 aromatic rings. The van der Waals surface area contributed by atoms with Gasteiger partial charge in [0.1, 0.15) is 0 Å². The number of nitrogens with one attached hydrogen (secondary N) is 1. The highest BCUT2D eigenvalue weighted by Crippen LogP contribution is 2.15. The van der Waals surface area contributed by atoms with Crippen molar-refractivity contribution in [3.05, 3.63) is 60.2 Å². The molecule has 2 rings (SSSR count). The molecule has 3 nitrogen and oxygen atoms in total. The molecule has 0 aromatic heterocycles. The molecule has 0 saturated carbocycles. The predicted molar refractivity (Wildman–Crippen MR) is 82.3 cm³/mol. The van der Waals surface area contributed by atoms with Crippen LogP contribution >= 0.6 is 15.9 Å². The van der Waals surface area contributed by atoms with Crippen LogP contribution in [0.5, 0.6) is 0 Å². The van der Waals surface area contributed by atoms with E-state index in [9.17, 15) is 4.79 Å². The van der Waals surface area contributed by atoms with Crippen molar-refractivity contribution in [2.45, 2.75) is 11.2 Å². The van der Waals surface area contributed by atoms with E-state index in [1.165, 1.54) is 0 Å². The minimum absolute atomic E-state index is 0.0615. The Kier molecular flexibility index (Phi) is 4.58. The second-order valence-corrected chi connectivity index (χ2v) is 5.37. The molecule has 4 heteroatoms. The second kappa shape index (κ2) is 6.38. The maximum Gasteiger partial charge on any atom is 0.238 e. The summed E-state index contributed by atoms with van der Waals surface area (Å²) in [6, 6.07) is 17.0. The highest BCUT2D eigenvalue weighted by atomic mass is 79.9. The molecule has 0 bridgehead atoms. The molecule has 0 saturated heterocycles. The Morgan fingerprint density at radius 3 is 2.37 bits per heavy atom. The van der Waals surface area contributed by atoms with Gasteiger partial charge in [0.05, 0.1) is 4.83 Å². The number of hydrogen-bond donors (Lipinski definition) is 2. The second-order valence-electron chi connectivity index (χ2n) is 4.27. The number of halogens is 1. The van der Waals surface area contributed by atoms with Crippen molar-refractivity contribution in [3.63, 3.8) is 0 Å². The van der Waals surface area contributed by atoms with Crippen LogP contribution in [0.2, 0.25) is 0 Å². The molecule has 0 radical (unpaired) electrons. The van der Waals surface area contributed by atoms with Crippen LogP contribution < -0.4 is 11.1 Å². The number of nitrogens with two attached hydrogens (primary N) is 1. The number of rotatable bonds is 4. The minimum atomic E-state index is -0.257. The Morgan fingerprint density at radius 1 is 1.11 bits per heavy atom. The van der Waals surface area contributed by atoms with Crippen LogP contribution in [0.15, 0.2) is 54.6 Å². The van der Waals surface area contributed by atoms with Crippen molar-refractivity contribution < 1.29 is 4.79 Å². The Hall–Kier alpha value is -1.81. The van der Waals surface area contributed by atoms with Crippen LogP contribution in [0.1, 0.15) is 5.56 Å². The third-order valence-corrected chi connectivity index (χ3v) is 3.46. The van der Waals surface area contributed by atoms with Gasteiger partial charge in [-0.2, -0.15) is 0 Å². The van der Waals surface area contributed by atoms with Gasteiger partial charge in [-0.05, 0) is 36.2 Å². The minimum Gasteiger partial charge on any atom is -0.399 e. The molecule has 0 aliphatic carbocycles. The van der Waals surface area contributed by atoms with E-state index in [1.807, 2.05) is 30.3 Å². The van der Waals surface area contributed by atoms with Crippen LogP contribution in [0, 0.1) is 0 Å². The Morgan fingerprint density at radius 2 is 1.74 bits per heavy atom. The first-order valence-electron chi connectivity index (χ1n) is 5.99. The topological polar surface area (TPSA) is 55.1 Å². The van der Waals surface area contributed by atoms with Crippen LogP contribution in [0.4, 0.5) is 11.4 Å².